The van der Waals surface area contributed by atoms with E-state index in [0.717, 1.165) is 5.56 Å². The minimum Gasteiger partial charge on any atom is -0.491 e. The second-order valence-corrected chi connectivity index (χ2v) is 5.43. The number of hydrogen-bond acceptors (Lipinski definition) is 5. The molecule has 118 valence electrons. The smallest absolute Gasteiger partial charge is 0.273 e. The Morgan fingerprint density at radius 3 is 2.57 bits per heavy atom. The van der Waals surface area contributed by atoms with Crippen molar-refractivity contribution in [2.75, 3.05) is 13.2 Å². The van der Waals surface area contributed by atoms with Gasteiger partial charge in [-0.3, -0.25) is 14.9 Å². The lowest BCUT2D eigenvalue weighted by Gasteiger charge is -2.07. The van der Waals surface area contributed by atoms with E-state index in [4.69, 9.17) is 9.47 Å². The summed E-state index contributed by atoms with van der Waals surface area (Å²) in [7, 11) is 0. The van der Waals surface area contributed by atoms with Gasteiger partial charge in [-0.1, -0.05) is 29.8 Å². The minimum absolute atomic E-state index is 0.0329. The topological polar surface area (TPSA) is 82.0 Å². The first kappa shape index (κ1) is 15.2. The van der Waals surface area contributed by atoms with E-state index in [0.29, 0.717) is 24.5 Å². The summed E-state index contributed by atoms with van der Waals surface area (Å²) in [6, 6.07) is 11.2. The van der Waals surface area contributed by atoms with Crippen molar-refractivity contribution >= 4 is 11.5 Å². The van der Waals surface area contributed by atoms with Crippen LogP contribution in [0.4, 0.5) is 5.69 Å². The van der Waals surface area contributed by atoms with Gasteiger partial charge in [0.2, 0.25) is 0 Å². The van der Waals surface area contributed by atoms with Gasteiger partial charge in [0.05, 0.1) is 17.6 Å². The van der Waals surface area contributed by atoms with Gasteiger partial charge < -0.3 is 9.47 Å². The molecule has 0 bridgehead atoms. The molecule has 0 aliphatic carbocycles. The number of ether oxygens (including phenoxy) is 2. The van der Waals surface area contributed by atoms with Gasteiger partial charge in [-0.05, 0) is 13.0 Å². The van der Waals surface area contributed by atoms with Crippen LogP contribution in [0.15, 0.2) is 42.5 Å². The molecule has 1 aliphatic heterocycles. The normalized spacial score (nSPS) is 16.0. The Balaban J connectivity index is 1.90. The minimum atomic E-state index is -0.535. The van der Waals surface area contributed by atoms with Crippen molar-refractivity contribution in [2.24, 2.45) is 0 Å². The zero-order valence-electron chi connectivity index (χ0n) is 12.5. The number of non-ortho nitro benzene ring substituents is 1. The van der Waals surface area contributed by atoms with Crippen molar-refractivity contribution in [2.45, 2.75) is 13.0 Å². The standard InChI is InChI=1S/C17H15NO5/c1-11-2-4-12(5-3-11)17(19)13-6-14(18(20)21)8-15(7-13)22-9-16-10-23-16/h2-8,16H,9-10H2,1H3. The van der Waals surface area contributed by atoms with Gasteiger partial charge in [0.1, 0.15) is 18.5 Å². The number of nitrogens with zero attached hydrogens (tertiary/aromatic N) is 1. The molecule has 0 radical (unpaired) electrons. The first-order valence-electron chi connectivity index (χ1n) is 7.18. The number of hydrogen-bond donors (Lipinski definition) is 0. The maximum atomic E-state index is 12.5. The summed E-state index contributed by atoms with van der Waals surface area (Å²) in [6.07, 6.45) is 0.0329. The highest BCUT2D eigenvalue weighted by Gasteiger charge is 2.24. The Bertz CT molecular complexity index is 750. The average Bonchev–Trinajstić information content (AvgIpc) is 3.37. The summed E-state index contributed by atoms with van der Waals surface area (Å²) in [4.78, 5) is 23.1. The van der Waals surface area contributed by atoms with Crippen molar-refractivity contribution in [1.29, 1.82) is 0 Å². The lowest BCUT2D eigenvalue weighted by molar-refractivity contribution is -0.385. The molecule has 6 nitrogen and oxygen atoms in total. The number of nitro groups is 1. The van der Waals surface area contributed by atoms with Crippen molar-refractivity contribution in [3.05, 3.63) is 69.3 Å². The second-order valence-electron chi connectivity index (χ2n) is 5.43. The third-order valence-electron chi connectivity index (χ3n) is 3.52. The van der Waals surface area contributed by atoms with Gasteiger partial charge in [-0.15, -0.1) is 0 Å². The highest BCUT2D eigenvalue weighted by molar-refractivity contribution is 6.09. The van der Waals surface area contributed by atoms with E-state index in [1.54, 1.807) is 12.1 Å². The van der Waals surface area contributed by atoms with Crippen molar-refractivity contribution < 1.29 is 19.2 Å². The molecule has 6 heteroatoms. The Kier molecular flexibility index (Phi) is 4.08. The molecule has 0 spiro atoms. The number of nitro benzene ring substituents is 1. The van der Waals surface area contributed by atoms with Crippen LogP contribution >= 0.6 is 0 Å². The van der Waals surface area contributed by atoms with Crippen LogP contribution < -0.4 is 4.74 Å². The van der Waals surface area contributed by atoms with Crippen LogP contribution in [0, 0.1) is 17.0 Å². The largest absolute Gasteiger partial charge is 0.491 e. The van der Waals surface area contributed by atoms with Crippen molar-refractivity contribution in [3.63, 3.8) is 0 Å². The van der Waals surface area contributed by atoms with Gasteiger partial charge in [0.25, 0.3) is 5.69 Å². The van der Waals surface area contributed by atoms with Gasteiger partial charge in [-0.2, -0.15) is 0 Å². The number of carbonyl (C=O) groups excluding carboxylic acids is 1. The summed E-state index contributed by atoms with van der Waals surface area (Å²) in [6.45, 7) is 2.87. The highest BCUT2D eigenvalue weighted by atomic mass is 16.6. The molecule has 1 atom stereocenters. The number of aryl methyl sites for hydroxylation is 1. The van der Waals surface area contributed by atoms with E-state index in [1.807, 2.05) is 19.1 Å². The van der Waals surface area contributed by atoms with E-state index >= 15 is 0 Å². The Hall–Kier alpha value is -2.73. The Labute approximate surface area is 132 Å². The van der Waals surface area contributed by atoms with Crippen LogP contribution in [-0.2, 0) is 4.74 Å². The lowest BCUT2D eigenvalue weighted by atomic mass is 10.0. The predicted octanol–water partition coefficient (Wildman–Crippen LogP) is 2.91. The second kappa shape index (κ2) is 6.18. The van der Waals surface area contributed by atoms with E-state index in [1.165, 1.54) is 18.2 Å². The molecule has 0 saturated carbocycles. The summed E-state index contributed by atoms with van der Waals surface area (Å²) in [5.41, 5.74) is 1.58. The molecule has 1 aliphatic rings. The van der Waals surface area contributed by atoms with E-state index in [2.05, 4.69) is 0 Å². The fourth-order valence-electron chi connectivity index (χ4n) is 2.13. The SMILES string of the molecule is Cc1ccc(C(=O)c2cc(OCC3CO3)cc([N+](=O)[O-])c2)cc1. The van der Waals surface area contributed by atoms with E-state index in [9.17, 15) is 14.9 Å². The van der Waals surface area contributed by atoms with Crippen LogP contribution in [0.3, 0.4) is 0 Å². The third-order valence-corrected chi connectivity index (χ3v) is 3.52. The van der Waals surface area contributed by atoms with E-state index in [-0.39, 0.29) is 23.1 Å². The summed E-state index contributed by atoms with van der Waals surface area (Å²) in [5.74, 6) is 0.0198. The molecule has 2 aromatic carbocycles. The third kappa shape index (κ3) is 3.73. The quantitative estimate of drug-likeness (QED) is 0.354. The molecule has 3 rings (SSSR count). The van der Waals surface area contributed by atoms with Gasteiger partial charge >= 0.3 is 0 Å². The molecule has 1 heterocycles. The first-order chi connectivity index (χ1) is 11.0. The molecule has 23 heavy (non-hydrogen) atoms. The number of carbonyl (C=O) groups is 1. The molecule has 0 amide bonds. The molecule has 1 fully saturated rings. The number of ketones is 1. The monoisotopic (exact) mass is 313 g/mol. The van der Waals surface area contributed by atoms with Crippen molar-refractivity contribution in [1.82, 2.24) is 0 Å². The van der Waals surface area contributed by atoms with Gasteiger partial charge in [0.15, 0.2) is 5.78 Å². The predicted molar refractivity (Wildman–Crippen MR) is 82.9 cm³/mol. The average molecular weight is 313 g/mol. The number of benzene rings is 2. The number of epoxide rings is 1. The molecule has 1 unspecified atom stereocenters. The van der Waals surface area contributed by atoms with Gasteiger partial charge in [-0.25, -0.2) is 0 Å². The van der Waals surface area contributed by atoms with E-state index < -0.39 is 4.92 Å². The maximum Gasteiger partial charge on any atom is 0.273 e. The van der Waals surface area contributed by atoms with Crippen LogP contribution in [0.2, 0.25) is 0 Å². The fourth-order valence-corrected chi connectivity index (χ4v) is 2.13. The van der Waals surface area contributed by atoms with Crippen LogP contribution in [0.25, 0.3) is 0 Å². The number of rotatable bonds is 6. The summed E-state index contributed by atoms with van der Waals surface area (Å²) >= 11 is 0. The summed E-state index contributed by atoms with van der Waals surface area (Å²) < 4.78 is 10.5. The first-order valence-corrected chi connectivity index (χ1v) is 7.18. The molecule has 1 saturated heterocycles. The lowest BCUT2D eigenvalue weighted by Crippen LogP contribution is -2.07. The zero-order valence-corrected chi connectivity index (χ0v) is 12.5. The maximum absolute atomic E-state index is 12.5. The molecule has 2 aromatic rings. The summed E-state index contributed by atoms with van der Waals surface area (Å²) in [5, 5.41) is 11.1. The Morgan fingerprint density at radius 2 is 1.96 bits per heavy atom. The molecule has 0 aromatic heterocycles. The van der Waals surface area contributed by atoms with Crippen LogP contribution in [0.5, 0.6) is 5.75 Å². The molecular formula is C17H15NO5. The van der Waals surface area contributed by atoms with Crippen LogP contribution in [-0.4, -0.2) is 30.0 Å². The van der Waals surface area contributed by atoms with Crippen LogP contribution in [0.1, 0.15) is 21.5 Å². The molecular weight excluding hydrogens is 298 g/mol. The zero-order chi connectivity index (χ0) is 16.4. The fraction of sp³-hybridized carbons (Fsp3) is 0.235. The van der Waals surface area contributed by atoms with Crippen molar-refractivity contribution in [3.8, 4) is 5.75 Å². The Morgan fingerprint density at radius 1 is 1.26 bits per heavy atom. The van der Waals surface area contributed by atoms with Gasteiger partial charge in [0, 0.05) is 17.2 Å². The highest BCUT2D eigenvalue weighted by Crippen LogP contribution is 2.25. The molecule has 0 N–H and O–H groups in total.